The number of aromatic nitrogens is 1. The molecule has 23 heavy (non-hydrogen) atoms. The van der Waals surface area contributed by atoms with Gasteiger partial charge in [-0.05, 0) is 6.07 Å². The van der Waals surface area contributed by atoms with Crippen molar-refractivity contribution in [2.24, 2.45) is 5.10 Å². The maximum Gasteiger partial charge on any atom is 0.287 e. The van der Waals surface area contributed by atoms with Gasteiger partial charge in [0.2, 0.25) is 0 Å². The van der Waals surface area contributed by atoms with Crippen LogP contribution in [0.15, 0.2) is 23.4 Å². The SMILES string of the molecule is N#CC1CC=NN1C(=O)CNCCNc1ccc([N+](=O)[O-])cn1. The molecule has 0 aromatic carbocycles. The number of anilines is 1. The van der Waals surface area contributed by atoms with E-state index in [1.54, 1.807) is 6.21 Å². The second-order valence-electron chi connectivity index (χ2n) is 4.68. The highest BCUT2D eigenvalue weighted by Gasteiger charge is 2.25. The monoisotopic (exact) mass is 317 g/mol. The Morgan fingerprint density at radius 2 is 2.35 bits per heavy atom. The largest absolute Gasteiger partial charge is 0.369 e. The Bertz CT molecular complexity index is 638. The Morgan fingerprint density at radius 1 is 1.52 bits per heavy atom. The van der Waals surface area contributed by atoms with Crippen LogP contribution in [-0.2, 0) is 4.79 Å². The fourth-order valence-electron chi connectivity index (χ4n) is 1.91. The first-order valence-electron chi connectivity index (χ1n) is 6.91. The van der Waals surface area contributed by atoms with E-state index < -0.39 is 11.0 Å². The molecule has 1 aliphatic heterocycles. The number of nitro groups is 1. The van der Waals surface area contributed by atoms with E-state index in [9.17, 15) is 14.9 Å². The van der Waals surface area contributed by atoms with Crippen LogP contribution < -0.4 is 10.6 Å². The molecule has 0 fully saturated rings. The number of carbonyl (C=O) groups is 1. The van der Waals surface area contributed by atoms with Crippen LogP contribution in [0, 0.1) is 21.4 Å². The number of carbonyl (C=O) groups excluding carboxylic acids is 1. The fraction of sp³-hybridized carbons (Fsp3) is 0.385. The number of hydrazone groups is 1. The Hall–Kier alpha value is -3.06. The summed E-state index contributed by atoms with van der Waals surface area (Å²) in [7, 11) is 0. The average Bonchev–Trinajstić information content (AvgIpc) is 3.03. The third-order valence-corrected chi connectivity index (χ3v) is 3.08. The van der Waals surface area contributed by atoms with Crippen LogP contribution in [0.5, 0.6) is 0 Å². The van der Waals surface area contributed by atoms with Crippen LogP contribution in [0.2, 0.25) is 0 Å². The smallest absolute Gasteiger partial charge is 0.287 e. The van der Waals surface area contributed by atoms with Crippen molar-refractivity contribution in [3.8, 4) is 6.07 Å². The van der Waals surface area contributed by atoms with Crippen molar-refractivity contribution in [2.45, 2.75) is 12.5 Å². The molecule has 2 rings (SSSR count). The van der Waals surface area contributed by atoms with Crippen LogP contribution in [0.4, 0.5) is 11.5 Å². The van der Waals surface area contributed by atoms with Crippen LogP contribution >= 0.6 is 0 Å². The zero-order valence-electron chi connectivity index (χ0n) is 12.2. The highest BCUT2D eigenvalue weighted by Crippen LogP contribution is 2.11. The molecule has 0 spiro atoms. The van der Waals surface area contributed by atoms with E-state index in [-0.39, 0.29) is 18.1 Å². The number of nitrogens with zero attached hydrogens (tertiary/aromatic N) is 5. The predicted molar refractivity (Wildman–Crippen MR) is 81.6 cm³/mol. The van der Waals surface area contributed by atoms with Gasteiger partial charge in [-0.15, -0.1) is 0 Å². The molecule has 2 heterocycles. The van der Waals surface area contributed by atoms with E-state index in [1.807, 2.05) is 6.07 Å². The molecule has 1 aromatic rings. The summed E-state index contributed by atoms with van der Waals surface area (Å²) in [5, 5.41) is 30.3. The van der Waals surface area contributed by atoms with Crippen LogP contribution in [-0.4, -0.2) is 52.7 Å². The van der Waals surface area contributed by atoms with Crippen molar-refractivity contribution in [3.05, 3.63) is 28.4 Å². The molecule has 0 bridgehead atoms. The van der Waals surface area contributed by atoms with Crippen LogP contribution in [0.25, 0.3) is 0 Å². The molecule has 0 radical (unpaired) electrons. The molecule has 0 saturated carbocycles. The predicted octanol–water partition coefficient (Wildman–Crippen LogP) is 0.102. The van der Waals surface area contributed by atoms with E-state index in [1.165, 1.54) is 23.3 Å². The molecule has 2 N–H and O–H groups in total. The quantitative estimate of drug-likeness (QED) is 0.413. The molecule has 1 unspecified atom stereocenters. The molecule has 1 aliphatic rings. The highest BCUT2D eigenvalue weighted by molar-refractivity contribution is 5.81. The molecule has 1 aromatic heterocycles. The second-order valence-corrected chi connectivity index (χ2v) is 4.68. The molecule has 10 nitrogen and oxygen atoms in total. The van der Waals surface area contributed by atoms with Crippen molar-refractivity contribution in [3.63, 3.8) is 0 Å². The van der Waals surface area contributed by atoms with Gasteiger partial charge in [0, 0.05) is 31.8 Å². The Morgan fingerprint density at radius 3 is 3.00 bits per heavy atom. The minimum absolute atomic E-state index is 0.0718. The highest BCUT2D eigenvalue weighted by atomic mass is 16.6. The number of nitriles is 1. The van der Waals surface area contributed by atoms with E-state index >= 15 is 0 Å². The van der Waals surface area contributed by atoms with Crippen molar-refractivity contribution >= 4 is 23.6 Å². The molecule has 0 saturated heterocycles. The standard InChI is InChI=1S/C13H15N7O3/c14-7-10-3-4-18-19(10)13(21)9-15-5-6-16-12-2-1-11(8-17-12)20(22)23/h1-2,4,8,10,15H,3,5-6,9H2,(H,16,17). The van der Waals surface area contributed by atoms with E-state index in [0.717, 1.165) is 0 Å². The molecular formula is C13H15N7O3. The number of nitrogens with one attached hydrogen (secondary N) is 2. The zero-order valence-corrected chi connectivity index (χ0v) is 12.2. The first kappa shape index (κ1) is 16.3. The zero-order chi connectivity index (χ0) is 16.7. The van der Waals surface area contributed by atoms with Crippen molar-refractivity contribution < 1.29 is 9.72 Å². The third-order valence-electron chi connectivity index (χ3n) is 3.08. The van der Waals surface area contributed by atoms with Gasteiger partial charge in [-0.1, -0.05) is 0 Å². The summed E-state index contributed by atoms with van der Waals surface area (Å²) in [4.78, 5) is 25.7. The molecule has 120 valence electrons. The maximum atomic E-state index is 11.9. The number of amides is 1. The second kappa shape index (κ2) is 7.81. The van der Waals surface area contributed by atoms with Gasteiger partial charge < -0.3 is 10.6 Å². The average molecular weight is 317 g/mol. The molecular weight excluding hydrogens is 302 g/mol. The van der Waals surface area contributed by atoms with Crippen molar-refractivity contribution in [1.82, 2.24) is 15.3 Å². The lowest BCUT2D eigenvalue weighted by Gasteiger charge is -2.16. The summed E-state index contributed by atoms with van der Waals surface area (Å²) in [5.74, 6) is 0.246. The van der Waals surface area contributed by atoms with Gasteiger partial charge in [-0.3, -0.25) is 14.9 Å². The summed E-state index contributed by atoms with van der Waals surface area (Å²) in [6.07, 6.45) is 3.18. The molecule has 10 heteroatoms. The van der Waals surface area contributed by atoms with Crippen LogP contribution in [0.1, 0.15) is 6.42 Å². The van der Waals surface area contributed by atoms with Gasteiger partial charge >= 0.3 is 0 Å². The van der Waals surface area contributed by atoms with Gasteiger partial charge in [-0.2, -0.15) is 10.4 Å². The lowest BCUT2D eigenvalue weighted by Crippen LogP contribution is -2.39. The van der Waals surface area contributed by atoms with E-state index in [2.05, 4.69) is 20.7 Å². The summed E-state index contributed by atoms with van der Waals surface area (Å²) in [6, 6.07) is 4.37. The van der Waals surface area contributed by atoms with Gasteiger partial charge in [0.25, 0.3) is 11.6 Å². The van der Waals surface area contributed by atoms with Gasteiger partial charge in [0.05, 0.1) is 17.5 Å². The summed E-state index contributed by atoms with van der Waals surface area (Å²) >= 11 is 0. The Balaban J connectivity index is 1.66. The molecule has 1 atom stereocenters. The Labute approximate surface area is 131 Å². The van der Waals surface area contributed by atoms with Crippen LogP contribution in [0.3, 0.4) is 0 Å². The van der Waals surface area contributed by atoms with Crippen molar-refractivity contribution in [1.29, 1.82) is 5.26 Å². The lowest BCUT2D eigenvalue weighted by atomic mass is 10.2. The summed E-state index contributed by atoms with van der Waals surface area (Å²) < 4.78 is 0. The van der Waals surface area contributed by atoms with Gasteiger partial charge in [-0.25, -0.2) is 9.99 Å². The lowest BCUT2D eigenvalue weighted by molar-refractivity contribution is -0.385. The number of pyridine rings is 1. The first-order chi connectivity index (χ1) is 11.1. The Kier molecular flexibility index (Phi) is 5.54. The third kappa shape index (κ3) is 4.45. The minimum Gasteiger partial charge on any atom is -0.369 e. The molecule has 1 amide bonds. The summed E-state index contributed by atoms with van der Waals surface area (Å²) in [6.45, 7) is 1.05. The number of rotatable bonds is 7. The summed E-state index contributed by atoms with van der Waals surface area (Å²) in [5.41, 5.74) is -0.0718. The van der Waals surface area contributed by atoms with E-state index in [4.69, 9.17) is 5.26 Å². The van der Waals surface area contributed by atoms with E-state index in [0.29, 0.717) is 25.3 Å². The minimum atomic E-state index is -0.522. The normalized spacial score (nSPS) is 16.1. The van der Waals surface area contributed by atoms with Crippen molar-refractivity contribution in [2.75, 3.05) is 25.0 Å². The number of hydrogen-bond acceptors (Lipinski definition) is 8. The van der Waals surface area contributed by atoms with Gasteiger partial charge in [0.15, 0.2) is 0 Å². The topological polar surface area (TPSA) is 137 Å². The number of hydrogen-bond donors (Lipinski definition) is 2. The fourth-order valence-corrected chi connectivity index (χ4v) is 1.91. The van der Waals surface area contributed by atoms with Gasteiger partial charge in [0.1, 0.15) is 18.1 Å². The molecule has 0 aliphatic carbocycles. The first-order valence-corrected chi connectivity index (χ1v) is 6.91. The maximum absolute atomic E-state index is 11.9.